The van der Waals surface area contributed by atoms with Gasteiger partial charge in [-0.2, -0.15) is 0 Å². The molecule has 0 bridgehead atoms. The molecule has 7 heteroatoms. The Kier molecular flexibility index (Phi) is 6.49. The van der Waals surface area contributed by atoms with Crippen LogP contribution in [0, 0.1) is 0 Å². The van der Waals surface area contributed by atoms with E-state index in [0.717, 1.165) is 56.4 Å². The van der Waals surface area contributed by atoms with Gasteiger partial charge in [0, 0.05) is 37.7 Å². The van der Waals surface area contributed by atoms with Crippen LogP contribution >= 0.6 is 0 Å². The van der Waals surface area contributed by atoms with Gasteiger partial charge in [0.25, 0.3) is 5.91 Å². The van der Waals surface area contributed by atoms with E-state index >= 15 is 0 Å². The number of nitrogens with one attached hydrogen (secondary N) is 2. The van der Waals surface area contributed by atoms with Crippen LogP contribution in [0.4, 0.5) is 0 Å². The van der Waals surface area contributed by atoms with Gasteiger partial charge in [-0.3, -0.25) is 19.7 Å². The zero-order chi connectivity index (χ0) is 21.1. The van der Waals surface area contributed by atoms with E-state index in [-0.39, 0.29) is 24.1 Å². The van der Waals surface area contributed by atoms with Crippen LogP contribution in [0.15, 0.2) is 18.2 Å². The summed E-state index contributed by atoms with van der Waals surface area (Å²) in [6.07, 6.45) is 6.62. The normalized spacial score (nSPS) is 26.6. The monoisotopic (exact) mass is 413 g/mol. The lowest BCUT2D eigenvalue weighted by atomic mass is 9.92. The Morgan fingerprint density at radius 2 is 1.93 bits per heavy atom. The van der Waals surface area contributed by atoms with E-state index in [1.165, 1.54) is 0 Å². The Labute approximate surface area is 177 Å². The molecular weight excluding hydrogens is 382 g/mol. The van der Waals surface area contributed by atoms with Crippen molar-refractivity contribution in [2.24, 2.45) is 0 Å². The second-order valence-electron chi connectivity index (χ2n) is 8.62. The number of hydrogen-bond donors (Lipinski definition) is 2. The highest BCUT2D eigenvalue weighted by Crippen LogP contribution is 2.28. The molecule has 2 aliphatic heterocycles. The molecule has 0 radical (unpaired) electrons. The van der Waals surface area contributed by atoms with Gasteiger partial charge in [-0.1, -0.05) is 19.1 Å². The van der Waals surface area contributed by atoms with E-state index in [4.69, 9.17) is 4.74 Å². The molecule has 30 heavy (non-hydrogen) atoms. The highest BCUT2D eigenvalue weighted by atomic mass is 16.5. The third-order valence-corrected chi connectivity index (χ3v) is 6.41. The van der Waals surface area contributed by atoms with E-state index in [1.54, 1.807) is 4.90 Å². The SMILES string of the molecule is CCCO[C@H]1CC[C@H](NCc2ccc3c(c2)CN(C2CCC(=O)NC2=O)C3=O)CC1. The molecule has 1 atom stereocenters. The Morgan fingerprint density at radius 3 is 2.67 bits per heavy atom. The van der Waals surface area contributed by atoms with Crippen LogP contribution in [0.1, 0.15) is 73.4 Å². The lowest BCUT2D eigenvalue weighted by molar-refractivity contribution is -0.136. The molecule has 1 saturated carbocycles. The van der Waals surface area contributed by atoms with Gasteiger partial charge >= 0.3 is 0 Å². The van der Waals surface area contributed by atoms with Gasteiger partial charge in [0.1, 0.15) is 6.04 Å². The smallest absolute Gasteiger partial charge is 0.255 e. The van der Waals surface area contributed by atoms with E-state index in [2.05, 4.69) is 23.6 Å². The van der Waals surface area contributed by atoms with Crippen molar-refractivity contribution in [3.8, 4) is 0 Å². The Hall–Kier alpha value is -2.25. The summed E-state index contributed by atoms with van der Waals surface area (Å²) in [5.74, 6) is -0.753. The first kappa shape index (κ1) is 21.0. The van der Waals surface area contributed by atoms with E-state index in [1.807, 2.05) is 12.1 Å². The zero-order valence-electron chi connectivity index (χ0n) is 17.6. The number of nitrogens with zero attached hydrogens (tertiary/aromatic N) is 1. The standard InChI is InChI=1S/C23H31N3O4/c1-2-11-30-18-6-4-17(5-7-18)24-13-15-3-8-19-16(12-15)14-26(23(19)29)20-9-10-21(27)25-22(20)28/h3,8,12,17-18,20,24H,2,4-7,9-11,13-14H2,1H3,(H,25,27,28)/t17-,18-,20?. The predicted octanol–water partition coefficient (Wildman–Crippen LogP) is 2.27. The molecule has 162 valence electrons. The molecule has 3 aliphatic rings. The highest BCUT2D eigenvalue weighted by molar-refractivity contribution is 6.05. The number of imide groups is 1. The van der Waals surface area contributed by atoms with Gasteiger partial charge in [-0.05, 0) is 55.7 Å². The quantitative estimate of drug-likeness (QED) is 0.670. The summed E-state index contributed by atoms with van der Waals surface area (Å²) < 4.78 is 5.87. The molecule has 4 rings (SSSR count). The number of fused-ring (bicyclic) bond motifs is 1. The molecule has 1 unspecified atom stereocenters. The van der Waals surface area contributed by atoms with Crippen LogP contribution in [0.2, 0.25) is 0 Å². The summed E-state index contributed by atoms with van der Waals surface area (Å²) in [4.78, 5) is 37.9. The average molecular weight is 414 g/mol. The molecule has 0 spiro atoms. The number of amides is 3. The maximum absolute atomic E-state index is 12.8. The van der Waals surface area contributed by atoms with Crippen molar-refractivity contribution in [2.45, 2.75) is 83.1 Å². The minimum atomic E-state index is -0.561. The summed E-state index contributed by atoms with van der Waals surface area (Å²) >= 11 is 0. The van der Waals surface area contributed by atoms with Crippen LogP contribution in [0.3, 0.4) is 0 Å². The van der Waals surface area contributed by atoms with Crippen molar-refractivity contribution in [3.05, 3.63) is 34.9 Å². The van der Waals surface area contributed by atoms with Crippen molar-refractivity contribution in [1.82, 2.24) is 15.5 Å². The number of carbonyl (C=O) groups is 3. The minimum absolute atomic E-state index is 0.121. The average Bonchev–Trinajstić information content (AvgIpc) is 3.07. The number of carbonyl (C=O) groups excluding carboxylic acids is 3. The fourth-order valence-corrected chi connectivity index (χ4v) is 4.72. The molecule has 2 fully saturated rings. The topological polar surface area (TPSA) is 87.7 Å². The minimum Gasteiger partial charge on any atom is -0.378 e. The van der Waals surface area contributed by atoms with Crippen molar-refractivity contribution >= 4 is 17.7 Å². The maximum Gasteiger partial charge on any atom is 0.255 e. The Morgan fingerprint density at radius 1 is 1.13 bits per heavy atom. The second-order valence-corrected chi connectivity index (χ2v) is 8.62. The van der Waals surface area contributed by atoms with Gasteiger partial charge in [0.15, 0.2) is 0 Å². The van der Waals surface area contributed by atoms with E-state index in [9.17, 15) is 14.4 Å². The summed E-state index contributed by atoms with van der Waals surface area (Å²) in [6, 6.07) is 5.88. The Bertz CT molecular complexity index is 817. The van der Waals surface area contributed by atoms with Crippen molar-refractivity contribution in [2.75, 3.05) is 6.61 Å². The predicted molar refractivity (Wildman–Crippen MR) is 112 cm³/mol. The third kappa shape index (κ3) is 4.57. The van der Waals surface area contributed by atoms with Gasteiger partial charge in [0.2, 0.25) is 11.8 Å². The van der Waals surface area contributed by atoms with Crippen LogP contribution in [-0.2, 0) is 27.4 Å². The van der Waals surface area contributed by atoms with Gasteiger partial charge in [0.05, 0.1) is 6.10 Å². The van der Waals surface area contributed by atoms with Crippen molar-refractivity contribution in [1.29, 1.82) is 0 Å². The molecule has 0 aromatic heterocycles. The first-order valence-electron chi connectivity index (χ1n) is 11.2. The van der Waals surface area contributed by atoms with Crippen LogP contribution < -0.4 is 10.6 Å². The van der Waals surface area contributed by atoms with Gasteiger partial charge in [-0.25, -0.2) is 0 Å². The van der Waals surface area contributed by atoms with Gasteiger partial charge < -0.3 is 15.0 Å². The van der Waals surface area contributed by atoms with Crippen LogP contribution in [-0.4, -0.2) is 47.4 Å². The first-order valence-corrected chi connectivity index (χ1v) is 11.2. The lowest BCUT2D eigenvalue weighted by Crippen LogP contribution is -2.52. The third-order valence-electron chi connectivity index (χ3n) is 6.41. The summed E-state index contributed by atoms with van der Waals surface area (Å²) in [5, 5.41) is 5.99. The number of ether oxygens (including phenoxy) is 1. The van der Waals surface area contributed by atoms with E-state index in [0.29, 0.717) is 30.7 Å². The first-order chi connectivity index (χ1) is 14.5. The number of piperidine rings is 1. The van der Waals surface area contributed by atoms with Gasteiger partial charge in [-0.15, -0.1) is 0 Å². The lowest BCUT2D eigenvalue weighted by Gasteiger charge is -2.29. The molecule has 2 heterocycles. The fraction of sp³-hybridized carbons (Fsp3) is 0.609. The molecule has 1 aliphatic carbocycles. The number of hydrogen-bond acceptors (Lipinski definition) is 5. The van der Waals surface area contributed by atoms with Crippen molar-refractivity contribution in [3.63, 3.8) is 0 Å². The number of benzene rings is 1. The van der Waals surface area contributed by atoms with Crippen LogP contribution in [0.5, 0.6) is 0 Å². The molecule has 1 saturated heterocycles. The number of rotatable bonds is 7. The molecule has 3 amide bonds. The second kappa shape index (κ2) is 9.27. The highest BCUT2D eigenvalue weighted by Gasteiger charge is 2.39. The van der Waals surface area contributed by atoms with Crippen LogP contribution in [0.25, 0.3) is 0 Å². The van der Waals surface area contributed by atoms with E-state index < -0.39 is 6.04 Å². The van der Waals surface area contributed by atoms with Crippen molar-refractivity contribution < 1.29 is 19.1 Å². The Balaban J connectivity index is 1.31. The fourth-order valence-electron chi connectivity index (χ4n) is 4.72. The molecule has 7 nitrogen and oxygen atoms in total. The zero-order valence-corrected chi connectivity index (χ0v) is 17.6. The molecular formula is C23H31N3O4. The summed E-state index contributed by atoms with van der Waals surface area (Å²) in [6.45, 7) is 4.19. The molecule has 1 aromatic rings. The largest absolute Gasteiger partial charge is 0.378 e. The molecule has 1 aromatic carbocycles. The molecule has 2 N–H and O–H groups in total. The summed E-state index contributed by atoms with van der Waals surface area (Å²) in [7, 11) is 0. The summed E-state index contributed by atoms with van der Waals surface area (Å²) in [5.41, 5.74) is 2.77. The maximum atomic E-state index is 12.8.